The van der Waals surface area contributed by atoms with Crippen molar-refractivity contribution in [3.63, 3.8) is 0 Å². The van der Waals surface area contributed by atoms with Crippen molar-refractivity contribution in [2.24, 2.45) is 11.8 Å². The molecule has 3 heterocycles. The summed E-state index contributed by atoms with van der Waals surface area (Å²) in [5, 5.41) is 10.5. The van der Waals surface area contributed by atoms with Crippen molar-refractivity contribution >= 4 is 11.6 Å². The van der Waals surface area contributed by atoms with E-state index in [1.165, 1.54) is 25.9 Å². The molecule has 2 saturated heterocycles. The second kappa shape index (κ2) is 8.13. The van der Waals surface area contributed by atoms with Gasteiger partial charge in [-0.2, -0.15) is 0 Å². The highest BCUT2D eigenvalue weighted by Gasteiger charge is 2.34. The van der Waals surface area contributed by atoms with Crippen molar-refractivity contribution in [2.45, 2.75) is 19.4 Å². The number of nitrogens with zero attached hydrogens (tertiary/aromatic N) is 2. The number of rotatable bonds is 6. The second-order valence-electron chi connectivity index (χ2n) is 7.68. The highest BCUT2D eigenvalue weighted by molar-refractivity contribution is 6.30. The fourth-order valence-corrected chi connectivity index (χ4v) is 4.55. The Morgan fingerprint density at radius 1 is 1.04 bits per heavy atom. The lowest BCUT2D eigenvalue weighted by molar-refractivity contribution is 0.175. The van der Waals surface area contributed by atoms with Crippen molar-refractivity contribution < 1.29 is 9.52 Å². The van der Waals surface area contributed by atoms with Crippen LogP contribution in [0.4, 0.5) is 0 Å². The highest BCUT2D eigenvalue weighted by atomic mass is 35.5. The molecule has 0 bridgehead atoms. The molecule has 2 atom stereocenters. The van der Waals surface area contributed by atoms with Crippen LogP contribution in [0.5, 0.6) is 0 Å². The van der Waals surface area contributed by atoms with Crippen molar-refractivity contribution in [2.75, 3.05) is 39.3 Å². The Bertz CT molecular complexity index is 726. The lowest BCUT2D eigenvalue weighted by Gasteiger charge is -2.23. The zero-order chi connectivity index (χ0) is 17.9. The third-order valence-corrected chi connectivity index (χ3v) is 5.96. The minimum atomic E-state index is 0.279. The van der Waals surface area contributed by atoms with Gasteiger partial charge in [0.25, 0.3) is 0 Å². The van der Waals surface area contributed by atoms with Gasteiger partial charge in [0.05, 0.1) is 6.54 Å². The molecule has 4 nitrogen and oxygen atoms in total. The van der Waals surface area contributed by atoms with Crippen LogP contribution < -0.4 is 0 Å². The van der Waals surface area contributed by atoms with Crippen LogP contribution in [0.3, 0.4) is 0 Å². The molecule has 1 aromatic heterocycles. The topological polar surface area (TPSA) is 39.9 Å². The number of benzene rings is 1. The summed E-state index contributed by atoms with van der Waals surface area (Å²) in [5.41, 5.74) is 1.00. The average molecular weight is 375 g/mol. The SMILES string of the molecule is OC[C@@H]1CN(Cc2ccc(-c3cccc(Cl)c3)o2)C[C@@H]1CN1CCCC1. The first-order valence-electron chi connectivity index (χ1n) is 9.61. The number of aliphatic hydroxyl groups is 1. The summed E-state index contributed by atoms with van der Waals surface area (Å²) in [5.74, 6) is 2.76. The van der Waals surface area contributed by atoms with E-state index in [-0.39, 0.29) is 6.61 Å². The molecule has 4 rings (SSSR count). The molecule has 1 N–H and O–H groups in total. The summed E-state index contributed by atoms with van der Waals surface area (Å²) in [6.45, 7) is 6.62. The maximum absolute atomic E-state index is 9.79. The van der Waals surface area contributed by atoms with Gasteiger partial charge in [-0.3, -0.25) is 4.90 Å². The molecule has 2 fully saturated rings. The predicted molar refractivity (Wildman–Crippen MR) is 104 cm³/mol. The van der Waals surface area contributed by atoms with E-state index >= 15 is 0 Å². The first kappa shape index (κ1) is 18.1. The van der Waals surface area contributed by atoms with E-state index in [9.17, 15) is 5.11 Å². The van der Waals surface area contributed by atoms with Crippen molar-refractivity contribution in [1.29, 1.82) is 0 Å². The maximum atomic E-state index is 9.79. The molecule has 0 unspecified atom stereocenters. The van der Waals surface area contributed by atoms with E-state index in [2.05, 4.69) is 15.9 Å². The molecule has 0 aliphatic carbocycles. The lowest BCUT2D eigenvalue weighted by Crippen LogP contribution is -2.31. The number of likely N-dealkylation sites (tertiary alicyclic amines) is 2. The second-order valence-corrected chi connectivity index (χ2v) is 8.12. The van der Waals surface area contributed by atoms with Gasteiger partial charge in [-0.1, -0.05) is 23.7 Å². The van der Waals surface area contributed by atoms with Crippen LogP contribution in [0, 0.1) is 11.8 Å². The molecule has 1 aromatic carbocycles. The Kier molecular flexibility index (Phi) is 5.65. The summed E-state index contributed by atoms with van der Waals surface area (Å²) in [7, 11) is 0. The van der Waals surface area contributed by atoms with Gasteiger partial charge in [0.1, 0.15) is 11.5 Å². The van der Waals surface area contributed by atoms with Gasteiger partial charge in [0.2, 0.25) is 0 Å². The van der Waals surface area contributed by atoms with Crippen molar-refractivity contribution in [3.05, 3.63) is 47.2 Å². The Hall–Kier alpha value is -1.33. The zero-order valence-corrected chi connectivity index (χ0v) is 15.9. The molecule has 0 saturated carbocycles. The number of furan rings is 1. The molecule has 140 valence electrons. The predicted octanol–water partition coefficient (Wildman–Crippen LogP) is 3.74. The number of halogens is 1. The summed E-state index contributed by atoms with van der Waals surface area (Å²) in [6, 6.07) is 11.8. The summed E-state index contributed by atoms with van der Waals surface area (Å²) in [4.78, 5) is 4.98. The molecular weight excluding hydrogens is 348 g/mol. The summed E-state index contributed by atoms with van der Waals surface area (Å²) in [6.07, 6.45) is 2.64. The van der Waals surface area contributed by atoms with Crippen LogP contribution in [-0.4, -0.2) is 54.2 Å². The van der Waals surface area contributed by atoms with Crippen LogP contribution in [0.2, 0.25) is 5.02 Å². The molecule has 26 heavy (non-hydrogen) atoms. The quantitative estimate of drug-likeness (QED) is 0.836. The minimum Gasteiger partial charge on any atom is -0.460 e. The largest absolute Gasteiger partial charge is 0.460 e. The van der Waals surface area contributed by atoms with Gasteiger partial charge in [0.15, 0.2) is 0 Å². The average Bonchev–Trinajstić information content (AvgIpc) is 3.37. The van der Waals surface area contributed by atoms with E-state index in [1.807, 2.05) is 30.3 Å². The fourth-order valence-electron chi connectivity index (χ4n) is 4.36. The molecular formula is C21H27ClN2O2. The summed E-state index contributed by atoms with van der Waals surface area (Å²) < 4.78 is 6.05. The molecule has 0 spiro atoms. The van der Waals surface area contributed by atoms with Gasteiger partial charge in [-0.15, -0.1) is 0 Å². The van der Waals surface area contributed by atoms with Gasteiger partial charge in [0, 0.05) is 36.8 Å². The zero-order valence-electron chi connectivity index (χ0n) is 15.1. The smallest absolute Gasteiger partial charge is 0.134 e. The third kappa shape index (κ3) is 4.15. The van der Waals surface area contributed by atoms with Gasteiger partial charge >= 0.3 is 0 Å². The Morgan fingerprint density at radius 3 is 2.62 bits per heavy atom. The van der Waals surface area contributed by atoms with Crippen molar-refractivity contribution in [1.82, 2.24) is 9.80 Å². The molecule has 2 aromatic rings. The van der Waals surface area contributed by atoms with Crippen molar-refractivity contribution in [3.8, 4) is 11.3 Å². The first-order chi connectivity index (χ1) is 12.7. The van der Waals surface area contributed by atoms with Crippen LogP contribution in [0.25, 0.3) is 11.3 Å². The Morgan fingerprint density at radius 2 is 1.85 bits per heavy atom. The normalized spacial score (nSPS) is 24.5. The van der Waals surface area contributed by atoms with Gasteiger partial charge in [-0.25, -0.2) is 0 Å². The number of aliphatic hydroxyl groups excluding tert-OH is 1. The molecule has 2 aliphatic heterocycles. The molecule has 0 radical (unpaired) electrons. The van der Waals surface area contributed by atoms with Crippen LogP contribution in [-0.2, 0) is 6.54 Å². The Balaban J connectivity index is 1.38. The van der Waals surface area contributed by atoms with E-state index in [0.29, 0.717) is 11.8 Å². The van der Waals surface area contributed by atoms with Crippen LogP contribution >= 0.6 is 11.6 Å². The van der Waals surface area contributed by atoms with Gasteiger partial charge in [-0.05, 0) is 62.0 Å². The van der Waals surface area contributed by atoms with E-state index in [1.54, 1.807) is 0 Å². The molecule has 5 heteroatoms. The van der Waals surface area contributed by atoms with Gasteiger partial charge < -0.3 is 14.4 Å². The molecule has 2 aliphatic rings. The van der Waals surface area contributed by atoms with E-state index < -0.39 is 0 Å². The van der Waals surface area contributed by atoms with E-state index in [4.69, 9.17) is 16.0 Å². The summed E-state index contributed by atoms with van der Waals surface area (Å²) >= 11 is 6.08. The Labute approximate surface area is 160 Å². The standard InChI is InChI=1S/C21H27ClN2O2/c22-19-5-3-4-16(10-19)21-7-6-20(26-21)14-24-12-17(18(13-24)15-25)11-23-8-1-2-9-23/h3-7,10,17-18,25H,1-2,8-9,11-15H2/t17-,18-/m0/s1. The first-order valence-corrected chi connectivity index (χ1v) is 9.99. The molecule has 0 amide bonds. The minimum absolute atomic E-state index is 0.279. The van der Waals surface area contributed by atoms with Crippen LogP contribution in [0.1, 0.15) is 18.6 Å². The van der Waals surface area contributed by atoms with Crippen LogP contribution in [0.15, 0.2) is 40.8 Å². The fraction of sp³-hybridized carbons (Fsp3) is 0.524. The highest BCUT2D eigenvalue weighted by Crippen LogP contribution is 2.29. The number of hydrogen-bond donors (Lipinski definition) is 1. The van der Waals surface area contributed by atoms with E-state index in [0.717, 1.165) is 48.3 Å². The third-order valence-electron chi connectivity index (χ3n) is 5.73. The lowest BCUT2D eigenvalue weighted by atomic mass is 9.96. The monoisotopic (exact) mass is 374 g/mol. The number of hydrogen-bond acceptors (Lipinski definition) is 4. The maximum Gasteiger partial charge on any atom is 0.134 e.